The van der Waals surface area contributed by atoms with Crippen molar-refractivity contribution in [2.45, 2.75) is 19.3 Å². The van der Waals surface area contributed by atoms with Crippen molar-refractivity contribution >= 4 is 17.7 Å². The Balaban J connectivity index is 1.79. The van der Waals surface area contributed by atoms with E-state index < -0.39 is 0 Å². The molecule has 0 amide bonds. The van der Waals surface area contributed by atoms with Gasteiger partial charge in [0.2, 0.25) is 0 Å². The van der Waals surface area contributed by atoms with E-state index in [4.69, 9.17) is 11.6 Å². The number of tetrazole rings is 1. The Bertz CT molecular complexity index is 584. The van der Waals surface area contributed by atoms with Gasteiger partial charge in [0.05, 0.1) is 5.69 Å². The molecule has 2 heterocycles. The second-order valence-electron chi connectivity index (χ2n) is 4.84. The molecule has 1 aromatic heterocycles. The van der Waals surface area contributed by atoms with Gasteiger partial charge >= 0.3 is 0 Å². The van der Waals surface area contributed by atoms with E-state index in [0.717, 1.165) is 24.6 Å². The van der Waals surface area contributed by atoms with Crippen LogP contribution in [-0.4, -0.2) is 38.2 Å². The zero-order chi connectivity index (χ0) is 13.8. The number of hydrogen-bond acceptors (Lipinski definition) is 4. The summed E-state index contributed by atoms with van der Waals surface area (Å²) in [4.78, 5) is 2.31. The summed E-state index contributed by atoms with van der Waals surface area (Å²) in [6.45, 7) is 2.22. The SMILES string of the molecule is Clc1ccc(-n2nnnc2C=CN2CCCCC2)cc1. The van der Waals surface area contributed by atoms with Crippen LogP contribution in [0.15, 0.2) is 30.5 Å². The summed E-state index contributed by atoms with van der Waals surface area (Å²) < 4.78 is 1.71. The van der Waals surface area contributed by atoms with Gasteiger partial charge in [0.1, 0.15) is 0 Å². The molecule has 1 aliphatic rings. The van der Waals surface area contributed by atoms with E-state index in [0.29, 0.717) is 5.02 Å². The van der Waals surface area contributed by atoms with Crippen LogP contribution in [0.3, 0.4) is 0 Å². The van der Waals surface area contributed by atoms with E-state index in [-0.39, 0.29) is 0 Å². The van der Waals surface area contributed by atoms with Crippen LogP contribution in [0.5, 0.6) is 0 Å². The molecule has 2 aromatic rings. The van der Waals surface area contributed by atoms with E-state index in [1.165, 1.54) is 19.3 Å². The predicted octanol–water partition coefficient (Wildman–Crippen LogP) is 2.77. The quantitative estimate of drug-likeness (QED) is 0.872. The molecule has 0 spiro atoms. The minimum absolute atomic E-state index is 0.701. The summed E-state index contributed by atoms with van der Waals surface area (Å²) in [7, 11) is 0. The minimum atomic E-state index is 0.701. The molecule has 0 saturated carbocycles. The van der Waals surface area contributed by atoms with Crippen LogP contribution in [0, 0.1) is 0 Å². The molecule has 20 heavy (non-hydrogen) atoms. The Kier molecular flexibility index (Phi) is 3.97. The number of rotatable bonds is 3. The van der Waals surface area contributed by atoms with Gasteiger partial charge in [-0.3, -0.25) is 0 Å². The average molecular weight is 290 g/mol. The number of piperidine rings is 1. The van der Waals surface area contributed by atoms with Crippen LogP contribution in [0.2, 0.25) is 5.02 Å². The van der Waals surface area contributed by atoms with Gasteiger partial charge in [0.15, 0.2) is 5.82 Å². The highest BCUT2D eigenvalue weighted by atomic mass is 35.5. The van der Waals surface area contributed by atoms with Crippen molar-refractivity contribution in [1.29, 1.82) is 0 Å². The molecule has 1 saturated heterocycles. The third-order valence-electron chi connectivity index (χ3n) is 3.39. The summed E-state index contributed by atoms with van der Waals surface area (Å²) in [6.07, 6.45) is 7.88. The number of halogens is 1. The van der Waals surface area contributed by atoms with Crippen molar-refractivity contribution in [2.75, 3.05) is 13.1 Å². The highest BCUT2D eigenvalue weighted by molar-refractivity contribution is 6.30. The molecule has 1 aliphatic heterocycles. The zero-order valence-corrected chi connectivity index (χ0v) is 11.9. The summed E-state index contributed by atoms with van der Waals surface area (Å²) in [5.74, 6) is 0.720. The van der Waals surface area contributed by atoms with Crippen LogP contribution >= 0.6 is 11.6 Å². The van der Waals surface area contributed by atoms with Crippen LogP contribution in [-0.2, 0) is 0 Å². The van der Waals surface area contributed by atoms with Gasteiger partial charge in [-0.25, -0.2) is 0 Å². The van der Waals surface area contributed by atoms with Crippen LogP contribution in [0.1, 0.15) is 25.1 Å². The Morgan fingerprint density at radius 1 is 1.05 bits per heavy atom. The first-order valence-electron chi connectivity index (χ1n) is 6.79. The number of hydrogen-bond donors (Lipinski definition) is 0. The molecule has 0 unspecified atom stereocenters. The van der Waals surface area contributed by atoms with Crippen molar-refractivity contribution in [2.24, 2.45) is 0 Å². The number of likely N-dealkylation sites (tertiary alicyclic amines) is 1. The lowest BCUT2D eigenvalue weighted by atomic mass is 10.1. The molecular weight excluding hydrogens is 274 g/mol. The maximum absolute atomic E-state index is 5.89. The molecule has 0 N–H and O–H groups in total. The lowest BCUT2D eigenvalue weighted by Gasteiger charge is -2.24. The third kappa shape index (κ3) is 2.99. The molecule has 1 fully saturated rings. The van der Waals surface area contributed by atoms with Crippen molar-refractivity contribution < 1.29 is 0 Å². The normalized spacial score (nSPS) is 15.9. The van der Waals surface area contributed by atoms with Gasteiger partial charge in [-0.1, -0.05) is 11.6 Å². The Morgan fingerprint density at radius 3 is 2.55 bits per heavy atom. The molecule has 1 aromatic carbocycles. The summed E-state index contributed by atoms with van der Waals surface area (Å²) in [6, 6.07) is 7.46. The lowest BCUT2D eigenvalue weighted by Crippen LogP contribution is -2.24. The first kappa shape index (κ1) is 13.1. The Morgan fingerprint density at radius 2 is 1.80 bits per heavy atom. The number of aromatic nitrogens is 4. The standard InChI is InChI=1S/C14H16ClN5/c15-12-4-6-13(7-5-12)20-14(16-17-18-20)8-11-19-9-2-1-3-10-19/h4-8,11H,1-3,9-10H2. The maximum Gasteiger partial charge on any atom is 0.181 e. The summed E-state index contributed by atoms with van der Waals surface area (Å²) in [5, 5.41) is 12.5. The minimum Gasteiger partial charge on any atom is -0.377 e. The van der Waals surface area contributed by atoms with Crippen molar-refractivity contribution in [3.8, 4) is 5.69 Å². The van der Waals surface area contributed by atoms with Gasteiger partial charge in [-0.05, 0) is 54.0 Å². The smallest absolute Gasteiger partial charge is 0.181 e. The predicted molar refractivity (Wildman–Crippen MR) is 78.6 cm³/mol. The molecule has 5 nitrogen and oxygen atoms in total. The monoisotopic (exact) mass is 289 g/mol. The third-order valence-corrected chi connectivity index (χ3v) is 3.64. The van der Waals surface area contributed by atoms with Crippen molar-refractivity contribution in [3.63, 3.8) is 0 Å². The number of benzene rings is 1. The Labute approximate surface area is 122 Å². The molecule has 0 radical (unpaired) electrons. The largest absolute Gasteiger partial charge is 0.377 e. The van der Waals surface area contributed by atoms with E-state index in [1.807, 2.05) is 30.3 Å². The van der Waals surface area contributed by atoms with Gasteiger partial charge in [-0.15, -0.1) is 5.10 Å². The van der Waals surface area contributed by atoms with Gasteiger partial charge in [0.25, 0.3) is 0 Å². The second kappa shape index (κ2) is 6.05. The first-order chi connectivity index (χ1) is 9.83. The molecule has 6 heteroatoms. The topological polar surface area (TPSA) is 46.8 Å². The Hall–Kier alpha value is -1.88. The lowest BCUT2D eigenvalue weighted by molar-refractivity contribution is 0.311. The average Bonchev–Trinajstić information content (AvgIpc) is 2.95. The molecule has 0 atom stereocenters. The second-order valence-corrected chi connectivity index (χ2v) is 5.27. The van der Waals surface area contributed by atoms with E-state index in [9.17, 15) is 0 Å². The fourth-order valence-corrected chi connectivity index (χ4v) is 2.43. The van der Waals surface area contributed by atoms with Gasteiger partial charge < -0.3 is 4.90 Å². The van der Waals surface area contributed by atoms with Crippen LogP contribution < -0.4 is 0 Å². The fourth-order valence-electron chi connectivity index (χ4n) is 2.30. The van der Waals surface area contributed by atoms with Crippen molar-refractivity contribution in [1.82, 2.24) is 25.1 Å². The summed E-state index contributed by atoms with van der Waals surface area (Å²) in [5.41, 5.74) is 0.901. The molecular formula is C14H16ClN5. The van der Waals surface area contributed by atoms with Crippen LogP contribution in [0.25, 0.3) is 11.8 Å². The first-order valence-corrected chi connectivity index (χ1v) is 7.17. The summed E-state index contributed by atoms with van der Waals surface area (Å²) >= 11 is 5.89. The maximum atomic E-state index is 5.89. The van der Waals surface area contributed by atoms with Crippen LogP contribution in [0.4, 0.5) is 0 Å². The fraction of sp³-hybridized carbons (Fsp3) is 0.357. The highest BCUT2D eigenvalue weighted by Gasteiger charge is 2.08. The van der Waals surface area contributed by atoms with Gasteiger partial charge in [0, 0.05) is 30.4 Å². The van der Waals surface area contributed by atoms with E-state index in [1.54, 1.807) is 4.68 Å². The number of nitrogens with zero attached hydrogens (tertiary/aromatic N) is 5. The van der Waals surface area contributed by atoms with Gasteiger partial charge in [-0.2, -0.15) is 4.68 Å². The highest BCUT2D eigenvalue weighted by Crippen LogP contribution is 2.14. The zero-order valence-electron chi connectivity index (χ0n) is 11.1. The van der Waals surface area contributed by atoms with Crippen molar-refractivity contribution in [3.05, 3.63) is 41.3 Å². The van der Waals surface area contributed by atoms with E-state index in [2.05, 4.69) is 26.6 Å². The van der Waals surface area contributed by atoms with E-state index >= 15 is 0 Å². The molecule has 0 aliphatic carbocycles. The molecule has 3 rings (SSSR count). The molecule has 0 bridgehead atoms. The molecule has 104 valence electrons.